The highest BCUT2D eigenvalue weighted by atomic mass is 16.5. The molecule has 122 valence electrons. The lowest BCUT2D eigenvalue weighted by Gasteiger charge is -2.30. The number of benzene rings is 2. The number of ether oxygens (including phenoxy) is 2. The lowest BCUT2D eigenvalue weighted by Crippen LogP contribution is -2.36. The minimum absolute atomic E-state index is 0.766. The highest BCUT2D eigenvalue weighted by Gasteiger charge is 2.14. The van der Waals surface area contributed by atoms with Crippen molar-refractivity contribution in [3.8, 4) is 5.75 Å². The van der Waals surface area contributed by atoms with E-state index in [9.17, 15) is 0 Å². The van der Waals surface area contributed by atoms with Crippen molar-refractivity contribution < 1.29 is 9.47 Å². The third-order valence-electron chi connectivity index (χ3n) is 4.27. The Bertz CT molecular complexity index is 679. The fourth-order valence-corrected chi connectivity index (χ4v) is 3.07. The quantitative estimate of drug-likeness (QED) is 0.882. The third kappa shape index (κ3) is 3.59. The molecule has 4 nitrogen and oxygen atoms in total. The van der Waals surface area contributed by atoms with Crippen LogP contribution in [0.5, 0.6) is 5.75 Å². The van der Waals surface area contributed by atoms with Gasteiger partial charge >= 0.3 is 0 Å². The fraction of sp³-hybridized carbons (Fsp3) is 0.368. The van der Waals surface area contributed by atoms with Crippen LogP contribution < -0.4 is 15.4 Å². The van der Waals surface area contributed by atoms with Crippen molar-refractivity contribution in [2.75, 3.05) is 44.0 Å². The average molecular weight is 312 g/mol. The van der Waals surface area contributed by atoms with E-state index in [-0.39, 0.29) is 0 Å². The summed E-state index contributed by atoms with van der Waals surface area (Å²) >= 11 is 0. The van der Waals surface area contributed by atoms with E-state index in [1.165, 1.54) is 16.7 Å². The molecular weight excluding hydrogens is 288 g/mol. The molecule has 1 fully saturated rings. The highest BCUT2D eigenvalue weighted by molar-refractivity contribution is 5.69. The summed E-state index contributed by atoms with van der Waals surface area (Å²) in [4.78, 5) is 2.29. The number of morpholine rings is 1. The molecule has 2 N–H and O–H groups in total. The molecule has 0 amide bonds. The summed E-state index contributed by atoms with van der Waals surface area (Å²) in [5, 5.41) is 0. The molecule has 0 unspecified atom stereocenters. The first-order valence-electron chi connectivity index (χ1n) is 8.02. The smallest absolute Gasteiger partial charge is 0.122 e. The number of hydrogen-bond donors (Lipinski definition) is 1. The third-order valence-corrected chi connectivity index (χ3v) is 4.27. The summed E-state index contributed by atoms with van der Waals surface area (Å²) in [7, 11) is 1.71. The topological polar surface area (TPSA) is 47.7 Å². The van der Waals surface area contributed by atoms with Gasteiger partial charge in [0.05, 0.1) is 31.7 Å². The Morgan fingerprint density at radius 2 is 1.91 bits per heavy atom. The molecular formula is C19H24N2O2. The molecule has 2 aromatic rings. The van der Waals surface area contributed by atoms with E-state index in [1.54, 1.807) is 7.11 Å². The molecule has 23 heavy (non-hydrogen) atoms. The SMILES string of the molecule is COc1ccc(C)cc1Cc1ccc(N2CCOCC2)c(N)c1. The summed E-state index contributed by atoms with van der Waals surface area (Å²) in [6.07, 6.45) is 0.818. The van der Waals surface area contributed by atoms with Crippen molar-refractivity contribution in [2.24, 2.45) is 0 Å². The van der Waals surface area contributed by atoms with Gasteiger partial charge in [0.1, 0.15) is 5.75 Å². The number of hydrogen-bond acceptors (Lipinski definition) is 4. The van der Waals surface area contributed by atoms with E-state index in [1.807, 2.05) is 6.07 Å². The van der Waals surface area contributed by atoms with E-state index in [2.05, 4.69) is 42.2 Å². The van der Waals surface area contributed by atoms with Gasteiger partial charge in [-0.05, 0) is 36.2 Å². The standard InChI is InChI=1S/C19H24N2O2/c1-14-3-6-19(22-2)16(11-14)12-15-4-5-18(17(20)13-15)21-7-9-23-10-8-21/h3-6,11,13H,7-10,12,20H2,1-2H3. The molecule has 0 aromatic heterocycles. The fourth-order valence-electron chi connectivity index (χ4n) is 3.07. The van der Waals surface area contributed by atoms with Crippen LogP contribution in [0.2, 0.25) is 0 Å². The van der Waals surface area contributed by atoms with Gasteiger partial charge < -0.3 is 20.1 Å². The van der Waals surface area contributed by atoms with Crippen molar-refractivity contribution in [1.82, 2.24) is 0 Å². The maximum absolute atomic E-state index is 6.29. The van der Waals surface area contributed by atoms with Crippen LogP contribution in [0.4, 0.5) is 11.4 Å². The van der Waals surface area contributed by atoms with Crippen LogP contribution >= 0.6 is 0 Å². The molecule has 1 heterocycles. The van der Waals surface area contributed by atoms with Crippen molar-refractivity contribution in [3.05, 3.63) is 53.1 Å². The zero-order valence-corrected chi connectivity index (χ0v) is 13.8. The van der Waals surface area contributed by atoms with Crippen LogP contribution in [0.3, 0.4) is 0 Å². The van der Waals surface area contributed by atoms with E-state index in [4.69, 9.17) is 15.2 Å². The molecule has 1 aliphatic rings. The number of nitrogen functional groups attached to an aromatic ring is 1. The monoisotopic (exact) mass is 312 g/mol. The highest BCUT2D eigenvalue weighted by Crippen LogP contribution is 2.28. The zero-order chi connectivity index (χ0) is 16.2. The molecule has 0 spiro atoms. The first-order valence-corrected chi connectivity index (χ1v) is 8.02. The molecule has 0 saturated carbocycles. The maximum Gasteiger partial charge on any atom is 0.122 e. The Morgan fingerprint density at radius 1 is 1.13 bits per heavy atom. The van der Waals surface area contributed by atoms with Crippen LogP contribution in [-0.2, 0) is 11.2 Å². The van der Waals surface area contributed by atoms with Crippen LogP contribution in [0.1, 0.15) is 16.7 Å². The van der Waals surface area contributed by atoms with Gasteiger partial charge in [0, 0.05) is 19.5 Å². The Hall–Kier alpha value is -2.20. The summed E-state index contributed by atoms with van der Waals surface area (Å²) < 4.78 is 10.9. The summed E-state index contributed by atoms with van der Waals surface area (Å²) in [5.41, 5.74) is 11.8. The van der Waals surface area contributed by atoms with Crippen molar-refractivity contribution in [1.29, 1.82) is 0 Å². The lowest BCUT2D eigenvalue weighted by atomic mass is 10.0. The van der Waals surface area contributed by atoms with Crippen LogP contribution in [0, 0.1) is 6.92 Å². The molecule has 0 atom stereocenters. The Labute approximate surface area is 137 Å². The second kappa shape index (κ2) is 6.92. The largest absolute Gasteiger partial charge is 0.496 e. The number of nitrogens with two attached hydrogens (primary N) is 1. The number of nitrogens with zero attached hydrogens (tertiary/aromatic N) is 1. The van der Waals surface area contributed by atoms with Gasteiger partial charge in [0.25, 0.3) is 0 Å². The van der Waals surface area contributed by atoms with E-state index in [0.717, 1.165) is 49.8 Å². The van der Waals surface area contributed by atoms with E-state index >= 15 is 0 Å². The normalized spacial score (nSPS) is 14.8. The number of methoxy groups -OCH3 is 1. The summed E-state index contributed by atoms with van der Waals surface area (Å²) in [6.45, 7) is 5.42. The number of anilines is 2. The van der Waals surface area contributed by atoms with Gasteiger partial charge in [0.15, 0.2) is 0 Å². The van der Waals surface area contributed by atoms with Gasteiger partial charge in [-0.3, -0.25) is 0 Å². The molecule has 1 saturated heterocycles. The zero-order valence-electron chi connectivity index (χ0n) is 13.8. The second-order valence-corrected chi connectivity index (χ2v) is 5.98. The Kier molecular flexibility index (Phi) is 4.72. The maximum atomic E-state index is 6.29. The lowest BCUT2D eigenvalue weighted by molar-refractivity contribution is 0.123. The van der Waals surface area contributed by atoms with Crippen LogP contribution in [0.25, 0.3) is 0 Å². The van der Waals surface area contributed by atoms with Crippen molar-refractivity contribution in [2.45, 2.75) is 13.3 Å². The Morgan fingerprint density at radius 3 is 2.61 bits per heavy atom. The Balaban J connectivity index is 1.82. The van der Waals surface area contributed by atoms with Crippen LogP contribution in [-0.4, -0.2) is 33.4 Å². The van der Waals surface area contributed by atoms with Gasteiger partial charge in [0.2, 0.25) is 0 Å². The minimum Gasteiger partial charge on any atom is -0.496 e. The summed E-state index contributed by atoms with van der Waals surface area (Å²) in [5.74, 6) is 0.923. The van der Waals surface area contributed by atoms with Gasteiger partial charge in [-0.15, -0.1) is 0 Å². The molecule has 2 aromatic carbocycles. The molecule has 1 aliphatic heterocycles. The molecule has 0 bridgehead atoms. The minimum atomic E-state index is 0.766. The molecule has 0 radical (unpaired) electrons. The van der Waals surface area contributed by atoms with Gasteiger partial charge in [-0.2, -0.15) is 0 Å². The second-order valence-electron chi connectivity index (χ2n) is 5.98. The molecule has 0 aliphatic carbocycles. The first-order chi connectivity index (χ1) is 11.2. The van der Waals surface area contributed by atoms with Crippen LogP contribution in [0.15, 0.2) is 36.4 Å². The van der Waals surface area contributed by atoms with Crippen molar-refractivity contribution in [3.63, 3.8) is 0 Å². The number of aryl methyl sites for hydroxylation is 1. The average Bonchev–Trinajstić information content (AvgIpc) is 2.56. The van der Waals surface area contributed by atoms with E-state index in [0.29, 0.717) is 0 Å². The predicted molar refractivity (Wildman–Crippen MR) is 94.4 cm³/mol. The van der Waals surface area contributed by atoms with E-state index < -0.39 is 0 Å². The van der Waals surface area contributed by atoms with Gasteiger partial charge in [-0.1, -0.05) is 23.8 Å². The molecule has 3 rings (SSSR count). The number of rotatable bonds is 4. The molecule has 4 heteroatoms. The summed E-state index contributed by atoms with van der Waals surface area (Å²) in [6, 6.07) is 12.6. The van der Waals surface area contributed by atoms with Gasteiger partial charge in [-0.25, -0.2) is 0 Å². The van der Waals surface area contributed by atoms with Crippen molar-refractivity contribution >= 4 is 11.4 Å². The first kappa shape index (κ1) is 15.7. The predicted octanol–water partition coefficient (Wildman–Crippen LogP) is 3.01.